The van der Waals surface area contributed by atoms with Crippen molar-refractivity contribution in [1.29, 1.82) is 0 Å². The molecule has 0 spiro atoms. The zero-order chi connectivity index (χ0) is 16.1. The van der Waals surface area contributed by atoms with Crippen LogP contribution in [0.5, 0.6) is 11.5 Å². The average Bonchev–Trinajstić information content (AvgIpc) is 2.62. The molecule has 0 amide bonds. The summed E-state index contributed by atoms with van der Waals surface area (Å²) in [5, 5.41) is 3.19. The second-order valence-corrected chi connectivity index (χ2v) is 5.03. The number of anilines is 3. The molecule has 1 aromatic heterocycles. The predicted molar refractivity (Wildman–Crippen MR) is 87.9 cm³/mol. The number of benzene rings is 1. The molecule has 1 fully saturated rings. The molecule has 7 nitrogen and oxygen atoms in total. The van der Waals surface area contributed by atoms with Gasteiger partial charge in [0.2, 0.25) is 5.95 Å². The van der Waals surface area contributed by atoms with Crippen molar-refractivity contribution in [3.63, 3.8) is 0 Å². The second kappa shape index (κ2) is 7.15. The van der Waals surface area contributed by atoms with E-state index in [1.165, 1.54) is 0 Å². The van der Waals surface area contributed by atoms with E-state index in [4.69, 9.17) is 14.2 Å². The van der Waals surface area contributed by atoms with Crippen molar-refractivity contribution in [2.75, 3.05) is 50.7 Å². The van der Waals surface area contributed by atoms with Crippen LogP contribution in [0.3, 0.4) is 0 Å². The molecule has 23 heavy (non-hydrogen) atoms. The Morgan fingerprint density at radius 2 is 1.87 bits per heavy atom. The highest BCUT2D eigenvalue weighted by Crippen LogP contribution is 2.30. The van der Waals surface area contributed by atoms with E-state index in [-0.39, 0.29) is 0 Å². The van der Waals surface area contributed by atoms with E-state index < -0.39 is 0 Å². The molecule has 1 saturated heterocycles. The normalized spacial score (nSPS) is 14.4. The standard InChI is InChI=1S/C16H20N4O3/c1-21-13-4-3-12(11-14(13)22-2)18-16-17-6-5-15(19-16)20-7-9-23-10-8-20/h3-6,11H,7-10H2,1-2H3,(H,17,18,19). The Kier molecular flexibility index (Phi) is 4.77. The minimum atomic E-state index is 0.543. The monoisotopic (exact) mass is 316 g/mol. The quantitative estimate of drug-likeness (QED) is 0.905. The Labute approximate surface area is 135 Å². The number of morpholine rings is 1. The lowest BCUT2D eigenvalue weighted by Crippen LogP contribution is -2.36. The molecule has 2 aromatic rings. The molecule has 0 aliphatic carbocycles. The van der Waals surface area contributed by atoms with Gasteiger partial charge in [0.1, 0.15) is 5.82 Å². The highest BCUT2D eigenvalue weighted by atomic mass is 16.5. The van der Waals surface area contributed by atoms with E-state index in [0.29, 0.717) is 17.4 Å². The van der Waals surface area contributed by atoms with Crippen molar-refractivity contribution in [1.82, 2.24) is 9.97 Å². The van der Waals surface area contributed by atoms with Crippen LogP contribution in [-0.2, 0) is 4.74 Å². The van der Waals surface area contributed by atoms with Gasteiger partial charge in [-0.15, -0.1) is 0 Å². The zero-order valence-corrected chi connectivity index (χ0v) is 13.3. The van der Waals surface area contributed by atoms with Crippen LogP contribution in [0, 0.1) is 0 Å². The van der Waals surface area contributed by atoms with Gasteiger partial charge in [0, 0.05) is 31.0 Å². The van der Waals surface area contributed by atoms with Crippen LogP contribution in [0.25, 0.3) is 0 Å². The van der Waals surface area contributed by atoms with Crippen molar-refractivity contribution in [2.24, 2.45) is 0 Å². The fourth-order valence-electron chi connectivity index (χ4n) is 2.42. The van der Waals surface area contributed by atoms with Crippen LogP contribution < -0.4 is 19.7 Å². The molecule has 1 aliphatic rings. The van der Waals surface area contributed by atoms with Crippen LogP contribution in [0.1, 0.15) is 0 Å². The van der Waals surface area contributed by atoms with Gasteiger partial charge in [-0.2, -0.15) is 4.98 Å². The zero-order valence-electron chi connectivity index (χ0n) is 13.3. The molecule has 122 valence electrons. The van der Waals surface area contributed by atoms with Gasteiger partial charge in [-0.05, 0) is 18.2 Å². The maximum atomic E-state index is 5.37. The summed E-state index contributed by atoms with van der Waals surface area (Å²) in [6.45, 7) is 3.13. The lowest BCUT2D eigenvalue weighted by molar-refractivity contribution is 0.122. The number of hydrogen-bond donors (Lipinski definition) is 1. The number of nitrogens with zero attached hydrogens (tertiary/aromatic N) is 3. The third-order valence-electron chi connectivity index (χ3n) is 3.62. The highest BCUT2D eigenvalue weighted by molar-refractivity contribution is 5.60. The fourth-order valence-corrected chi connectivity index (χ4v) is 2.42. The number of hydrogen-bond acceptors (Lipinski definition) is 7. The summed E-state index contributed by atoms with van der Waals surface area (Å²) in [7, 11) is 3.22. The van der Waals surface area contributed by atoms with Gasteiger partial charge in [0.15, 0.2) is 11.5 Å². The number of rotatable bonds is 5. The Hall–Kier alpha value is -2.54. The summed E-state index contributed by atoms with van der Waals surface area (Å²) < 4.78 is 15.9. The van der Waals surface area contributed by atoms with Crippen LogP contribution in [0.2, 0.25) is 0 Å². The largest absolute Gasteiger partial charge is 0.493 e. The summed E-state index contributed by atoms with van der Waals surface area (Å²) in [5.74, 6) is 2.77. The van der Waals surface area contributed by atoms with Gasteiger partial charge in [-0.25, -0.2) is 4.98 Å². The molecule has 0 bridgehead atoms. The molecular weight excluding hydrogens is 296 g/mol. The lowest BCUT2D eigenvalue weighted by Gasteiger charge is -2.27. The lowest BCUT2D eigenvalue weighted by atomic mass is 10.3. The molecule has 7 heteroatoms. The molecule has 2 heterocycles. The first kappa shape index (κ1) is 15.4. The molecule has 1 N–H and O–H groups in total. The first-order chi connectivity index (χ1) is 11.3. The maximum Gasteiger partial charge on any atom is 0.229 e. The van der Waals surface area contributed by atoms with E-state index in [1.54, 1.807) is 20.4 Å². The Bertz CT molecular complexity index is 660. The first-order valence-electron chi connectivity index (χ1n) is 7.45. The van der Waals surface area contributed by atoms with Gasteiger partial charge >= 0.3 is 0 Å². The smallest absolute Gasteiger partial charge is 0.229 e. The summed E-state index contributed by atoms with van der Waals surface area (Å²) in [6, 6.07) is 7.49. The minimum absolute atomic E-state index is 0.543. The molecule has 3 rings (SSSR count). The summed E-state index contributed by atoms with van der Waals surface area (Å²) in [6.07, 6.45) is 1.75. The molecule has 0 saturated carbocycles. The van der Waals surface area contributed by atoms with Crippen molar-refractivity contribution in [3.8, 4) is 11.5 Å². The average molecular weight is 316 g/mol. The van der Waals surface area contributed by atoms with Crippen LogP contribution >= 0.6 is 0 Å². The van der Waals surface area contributed by atoms with E-state index >= 15 is 0 Å². The van der Waals surface area contributed by atoms with Gasteiger partial charge in [0.05, 0.1) is 27.4 Å². The maximum absolute atomic E-state index is 5.37. The van der Waals surface area contributed by atoms with Gasteiger partial charge < -0.3 is 24.4 Å². The Balaban J connectivity index is 1.77. The van der Waals surface area contributed by atoms with Gasteiger partial charge in [-0.1, -0.05) is 0 Å². The Morgan fingerprint density at radius 1 is 1.09 bits per heavy atom. The second-order valence-electron chi connectivity index (χ2n) is 5.03. The molecular formula is C16H20N4O3. The topological polar surface area (TPSA) is 68.7 Å². The van der Waals surface area contributed by atoms with Gasteiger partial charge in [0.25, 0.3) is 0 Å². The summed E-state index contributed by atoms with van der Waals surface area (Å²) in [4.78, 5) is 11.0. The Morgan fingerprint density at radius 3 is 2.61 bits per heavy atom. The molecule has 1 aliphatic heterocycles. The predicted octanol–water partition coefficient (Wildman–Crippen LogP) is 2.07. The number of aromatic nitrogens is 2. The first-order valence-corrected chi connectivity index (χ1v) is 7.45. The SMILES string of the molecule is COc1ccc(Nc2nccc(N3CCOCC3)n2)cc1OC. The molecule has 0 unspecified atom stereocenters. The van der Waals surface area contributed by atoms with Crippen LogP contribution in [0.15, 0.2) is 30.5 Å². The minimum Gasteiger partial charge on any atom is -0.493 e. The van der Waals surface area contributed by atoms with Crippen LogP contribution in [0.4, 0.5) is 17.5 Å². The molecule has 0 atom stereocenters. The van der Waals surface area contributed by atoms with E-state index in [1.807, 2.05) is 24.3 Å². The van der Waals surface area contributed by atoms with E-state index in [9.17, 15) is 0 Å². The number of nitrogens with one attached hydrogen (secondary N) is 1. The third kappa shape index (κ3) is 3.62. The van der Waals surface area contributed by atoms with E-state index in [2.05, 4.69) is 20.2 Å². The van der Waals surface area contributed by atoms with Gasteiger partial charge in [-0.3, -0.25) is 0 Å². The summed E-state index contributed by atoms with van der Waals surface area (Å²) in [5.41, 5.74) is 0.835. The van der Waals surface area contributed by atoms with Crippen molar-refractivity contribution in [3.05, 3.63) is 30.5 Å². The third-order valence-corrected chi connectivity index (χ3v) is 3.62. The van der Waals surface area contributed by atoms with Crippen molar-refractivity contribution < 1.29 is 14.2 Å². The molecule has 1 aromatic carbocycles. The summed E-state index contributed by atoms with van der Waals surface area (Å²) >= 11 is 0. The number of methoxy groups -OCH3 is 2. The van der Waals surface area contributed by atoms with Crippen molar-refractivity contribution in [2.45, 2.75) is 0 Å². The molecule has 0 radical (unpaired) electrons. The fraction of sp³-hybridized carbons (Fsp3) is 0.375. The van der Waals surface area contributed by atoms with Crippen LogP contribution in [-0.4, -0.2) is 50.5 Å². The van der Waals surface area contributed by atoms with Crippen molar-refractivity contribution >= 4 is 17.5 Å². The van der Waals surface area contributed by atoms with E-state index in [0.717, 1.165) is 37.8 Å². The highest BCUT2D eigenvalue weighted by Gasteiger charge is 2.13. The number of ether oxygens (including phenoxy) is 3.